The van der Waals surface area contributed by atoms with Crippen molar-refractivity contribution in [1.29, 1.82) is 0 Å². The lowest BCUT2D eigenvalue weighted by Crippen LogP contribution is -2.11. The van der Waals surface area contributed by atoms with Crippen LogP contribution >= 0.6 is 12.4 Å². The van der Waals surface area contributed by atoms with Crippen LogP contribution in [0.3, 0.4) is 0 Å². The van der Waals surface area contributed by atoms with Crippen molar-refractivity contribution in [2.75, 3.05) is 13.1 Å². The third-order valence-corrected chi connectivity index (χ3v) is 0.167. The molecule has 4 heteroatoms. The molecular formula is C2H11ClN2O. The molecule has 0 aliphatic carbocycles. The smallest absolute Gasteiger partial charge is 0.00461 e. The summed E-state index contributed by atoms with van der Waals surface area (Å²) in [7, 11) is 0. The van der Waals surface area contributed by atoms with Crippen LogP contribution in [0.4, 0.5) is 0 Å². The lowest BCUT2D eigenvalue weighted by atomic mass is 10.7. The van der Waals surface area contributed by atoms with Gasteiger partial charge in [-0.1, -0.05) is 0 Å². The molecule has 0 amide bonds. The third-order valence-electron chi connectivity index (χ3n) is 0.167. The van der Waals surface area contributed by atoms with Crippen LogP contribution < -0.4 is 11.5 Å². The van der Waals surface area contributed by atoms with Gasteiger partial charge >= 0.3 is 0 Å². The van der Waals surface area contributed by atoms with Gasteiger partial charge in [0, 0.05) is 13.1 Å². The molecule has 0 atom stereocenters. The van der Waals surface area contributed by atoms with Crippen molar-refractivity contribution in [3.63, 3.8) is 0 Å². The monoisotopic (exact) mass is 114 g/mol. The number of nitrogens with two attached hydrogens (primary N) is 2. The van der Waals surface area contributed by atoms with Crippen molar-refractivity contribution >= 4 is 12.4 Å². The van der Waals surface area contributed by atoms with Crippen LogP contribution in [0.5, 0.6) is 0 Å². The van der Waals surface area contributed by atoms with E-state index in [-0.39, 0.29) is 17.9 Å². The molecule has 0 aromatic heterocycles. The summed E-state index contributed by atoms with van der Waals surface area (Å²) < 4.78 is 0. The van der Waals surface area contributed by atoms with Gasteiger partial charge in [0.2, 0.25) is 0 Å². The van der Waals surface area contributed by atoms with Crippen LogP contribution in [0.1, 0.15) is 0 Å². The summed E-state index contributed by atoms with van der Waals surface area (Å²) in [5.41, 5.74) is 9.81. The van der Waals surface area contributed by atoms with Crippen LogP contribution in [0.15, 0.2) is 0 Å². The van der Waals surface area contributed by atoms with Crippen LogP contribution in [-0.2, 0) is 0 Å². The molecule has 0 rings (SSSR count). The predicted molar refractivity (Wildman–Crippen MR) is 29.0 cm³/mol. The molecule has 0 unspecified atom stereocenters. The van der Waals surface area contributed by atoms with Gasteiger partial charge in [0.15, 0.2) is 0 Å². The molecule has 0 fully saturated rings. The normalized spacial score (nSPS) is 5.00. The molecule has 6 N–H and O–H groups in total. The third kappa shape index (κ3) is 30.6. The summed E-state index contributed by atoms with van der Waals surface area (Å²) in [4.78, 5) is 0. The molecule has 0 saturated heterocycles. The summed E-state index contributed by atoms with van der Waals surface area (Å²) in [6, 6.07) is 0. The number of hydrogen-bond donors (Lipinski definition) is 2. The van der Waals surface area contributed by atoms with Gasteiger partial charge in [-0.3, -0.25) is 0 Å². The average Bonchev–Trinajstić information content (AvgIpc) is 1.37. The molecule has 0 aromatic rings. The zero-order valence-electron chi connectivity index (χ0n) is 3.48. The van der Waals surface area contributed by atoms with Crippen LogP contribution in [-0.4, -0.2) is 18.6 Å². The molecule has 0 spiro atoms. The fraction of sp³-hybridized carbons (Fsp3) is 1.00. The van der Waals surface area contributed by atoms with E-state index in [1.165, 1.54) is 0 Å². The van der Waals surface area contributed by atoms with Gasteiger partial charge in [0.05, 0.1) is 0 Å². The van der Waals surface area contributed by atoms with Crippen molar-refractivity contribution in [2.24, 2.45) is 11.5 Å². The second kappa shape index (κ2) is 19.1. The summed E-state index contributed by atoms with van der Waals surface area (Å²) in [5, 5.41) is 0. The highest BCUT2D eigenvalue weighted by Gasteiger charge is 1.54. The second-order valence-corrected chi connectivity index (χ2v) is 0.577. The first-order chi connectivity index (χ1) is 1.91. The van der Waals surface area contributed by atoms with Crippen LogP contribution in [0.25, 0.3) is 0 Å². The summed E-state index contributed by atoms with van der Waals surface area (Å²) >= 11 is 0. The molecule has 3 nitrogen and oxygen atoms in total. The Morgan fingerprint density at radius 2 is 1.17 bits per heavy atom. The van der Waals surface area contributed by atoms with Crippen LogP contribution in [0.2, 0.25) is 0 Å². The Hall–Kier alpha value is 0.170. The van der Waals surface area contributed by atoms with Crippen molar-refractivity contribution in [3.05, 3.63) is 0 Å². The standard InChI is InChI=1S/C2H8N2.ClH.H2O/c3-1-2-4;;/h1-4H2;1H;1H2. The van der Waals surface area contributed by atoms with Crippen molar-refractivity contribution < 1.29 is 5.48 Å². The maximum atomic E-state index is 4.90. The number of halogens is 1. The predicted octanol–water partition coefficient (Wildman–Crippen LogP) is -1.50. The highest BCUT2D eigenvalue weighted by atomic mass is 35.5. The van der Waals surface area contributed by atoms with E-state index in [1.807, 2.05) is 0 Å². The quantitative estimate of drug-likeness (QED) is 0.435. The largest absolute Gasteiger partial charge is 0.412 e. The molecule has 42 valence electrons. The Morgan fingerprint density at radius 3 is 1.17 bits per heavy atom. The van der Waals surface area contributed by atoms with E-state index in [0.717, 1.165) is 0 Å². The van der Waals surface area contributed by atoms with Gasteiger partial charge in [-0.05, 0) is 0 Å². The zero-order chi connectivity index (χ0) is 3.41. The minimum absolute atomic E-state index is 0. The molecule has 0 heterocycles. The Labute approximate surface area is 43.4 Å². The molecule has 0 aliphatic heterocycles. The highest BCUT2D eigenvalue weighted by molar-refractivity contribution is 5.85. The summed E-state index contributed by atoms with van der Waals surface area (Å²) in [6.07, 6.45) is 0. The summed E-state index contributed by atoms with van der Waals surface area (Å²) in [6.45, 7) is 1.19. The van der Waals surface area contributed by atoms with Crippen molar-refractivity contribution in [1.82, 2.24) is 0 Å². The first kappa shape index (κ1) is 16.4. The zero-order valence-corrected chi connectivity index (χ0v) is 4.29. The maximum absolute atomic E-state index is 4.90. The fourth-order valence-electron chi connectivity index (χ4n) is 0. The number of hydrogen-bond acceptors (Lipinski definition) is 2. The van der Waals surface area contributed by atoms with E-state index in [9.17, 15) is 0 Å². The lowest BCUT2D eigenvalue weighted by Gasteiger charge is -1.72. The lowest BCUT2D eigenvalue weighted by molar-refractivity contribution is 0.824. The SMILES string of the molecule is Cl.NCCN.O. The Morgan fingerprint density at radius 1 is 1.00 bits per heavy atom. The van der Waals surface area contributed by atoms with Crippen LogP contribution in [0, 0.1) is 0 Å². The van der Waals surface area contributed by atoms with E-state index >= 15 is 0 Å². The van der Waals surface area contributed by atoms with Gasteiger partial charge in [-0.15, -0.1) is 12.4 Å². The molecular weight excluding hydrogens is 103 g/mol. The first-order valence-electron chi connectivity index (χ1n) is 1.32. The van der Waals surface area contributed by atoms with Gasteiger partial charge in [-0.2, -0.15) is 0 Å². The van der Waals surface area contributed by atoms with Gasteiger partial charge in [0.25, 0.3) is 0 Å². The average molecular weight is 115 g/mol. The van der Waals surface area contributed by atoms with Gasteiger partial charge < -0.3 is 16.9 Å². The molecule has 0 aliphatic rings. The minimum Gasteiger partial charge on any atom is -0.412 e. The van der Waals surface area contributed by atoms with E-state index < -0.39 is 0 Å². The highest BCUT2D eigenvalue weighted by Crippen LogP contribution is 1.24. The van der Waals surface area contributed by atoms with E-state index in [4.69, 9.17) is 11.5 Å². The first-order valence-corrected chi connectivity index (χ1v) is 1.32. The van der Waals surface area contributed by atoms with Crippen molar-refractivity contribution in [2.45, 2.75) is 0 Å². The summed E-state index contributed by atoms with van der Waals surface area (Å²) in [5.74, 6) is 0. The Kier molecular flexibility index (Phi) is 52.2. The van der Waals surface area contributed by atoms with E-state index in [2.05, 4.69) is 0 Å². The number of rotatable bonds is 1. The fourth-order valence-corrected chi connectivity index (χ4v) is 0. The Bertz CT molecular complexity index is 13.5. The van der Waals surface area contributed by atoms with E-state index in [0.29, 0.717) is 13.1 Å². The minimum atomic E-state index is 0. The topological polar surface area (TPSA) is 83.5 Å². The van der Waals surface area contributed by atoms with Crippen molar-refractivity contribution in [3.8, 4) is 0 Å². The van der Waals surface area contributed by atoms with Gasteiger partial charge in [-0.25, -0.2) is 0 Å². The molecule has 0 bridgehead atoms. The maximum Gasteiger partial charge on any atom is 0.00461 e. The molecule has 0 saturated carbocycles. The second-order valence-electron chi connectivity index (χ2n) is 0.577. The Balaban J connectivity index is -0.0000000450. The van der Waals surface area contributed by atoms with Gasteiger partial charge in [0.1, 0.15) is 0 Å². The molecule has 6 heavy (non-hydrogen) atoms. The molecule has 0 radical (unpaired) electrons. The van der Waals surface area contributed by atoms with E-state index in [1.54, 1.807) is 0 Å². The molecule has 0 aromatic carbocycles.